The standard InChI is InChI=1S/C11H13FN2O/c1-8(2)7-14(3)11(15)9-5-4-6-10(12)13-9/h4-6H,1,7H2,2-3H3. The van der Waals surface area contributed by atoms with Gasteiger partial charge < -0.3 is 4.90 Å². The van der Waals surface area contributed by atoms with Gasteiger partial charge in [-0.3, -0.25) is 4.79 Å². The van der Waals surface area contributed by atoms with Gasteiger partial charge in [-0.2, -0.15) is 4.39 Å². The van der Waals surface area contributed by atoms with E-state index in [1.54, 1.807) is 7.05 Å². The van der Waals surface area contributed by atoms with Gasteiger partial charge in [-0.1, -0.05) is 18.2 Å². The Morgan fingerprint density at radius 1 is 1.60 bits per heavy atom. The van der Waals surface area contributed by atoms with Gasteiger partial charge in [0, 0.05) is 13.6 Å². The normalized spacial score (nSPS) is 9.80. The molecule has 0 N–H and O–H groups in total. The minimum atomic E-state index is -0.649. The van der Waals surface area contributed by atoms with Crippen molar-refractivity contribution in [2.24, 2.45) is 0 Å². The van der Waals surface area contributed by atoms with E-state index in [1.165, 1.54) is 23.1 Å². The van der Waals surface area contributed by atoms with Crippen LogP contribution in [-0.2, 0) is 0 Å². The first-order valence-electron chi connectivity index (χ1n) is 4.53. The Bertz CT molecular complexity index is 390. The molecule has 0 saturated carbocycles. The van der Waals surface area contributed by atoms with E-state index in [2.05, 4.69) is 11.6 Å². The number of halogens is 1. The molecule has 1 rings (SSSR count). The lowest BCUT2D eigenvalue weighted by Crippen LogP contribution is -2.29. The highest BCUT2D eigenvalue weighted by molar-refractivity contribution is 5.92. The zero-order valence-corrected chi connectivity index (χ0v) is 8.83. The fourth-order valence-electron chi connectivity index (χ4n) is 1.20. The molecule has 0 aliphatic carbocycles. The van der Waals surface area contributed by atoms with Crippen LogP contribution in [0.3, 0.4) is 0 Å². The van der Waals surface area contributed by atoms with Crippen molar-refractivity contribution in [2.45, 2.75) is 6.92 Å². The molecule has 1 amide bonds. The van der Waals surface area contributed by atoms with Gasteiger partial charge in [-0.25, -0.2) is 4.98 Å². The number of likely N-dealkylation sites (N-methyl/N-ethyl adjacent to an activating group) is 1. The fourth-order valence-corrected chi connectivity index (χ4v) is 1.20. The van der Waals surface area contributed by atoms with Crippen LogP contribution in [0.1, 0.15) is 17.4 Å². The predicted molar refractivity (Wildman–Crippen MR) is 56.0 cm³/mol. The second kappa shape index (κ2) is 4.68. The van der Waals surface area contributed by atoms with E-state index >= 15 is 0 Å². The summed E-state index contributed by atoms with van der Waals surface area (Å²) in [6, 6.07) is 4.15. The van der Waals surface area contributed by atoms with Gasteiger partial charge in [0.25, 0.3) is 5.91 Å². The Balaban J connectivity index is 2.80. The van der Waals surface area contributed by atoms with Gasteiger partial charge in [0.05, 0.1) is 0 Å². The minimum Gasteiger partial charge on any atom is -0.336 e. The topological polar surface area (TPSA) is 33.2 Å². The minimum absolute atomic E-state index is 0.110. The zero-order valence-electron chi connectivity index (χ0n) is 8.83. The van der Waals surface area contributed by atoms with Crippen molar-refractivity contribution in [2.75, 3.05) is 13.6 Å². The lowest BCUT2D eigenvalue weighted by atomic mass is 10.3. The molecule has 0 spiro atoms. The van der Waals surface area contributed by atoms with E-state index < -0.39 is 5.95 Å². The van der Waals surface area contributed by atoms with E-state index in [-0.39, 0.29) is 11.6 Å². The summed E-state index contributed by atoms with van der Waals surface area (Å²) in [6.07, 6.45) is 0. The Morgan fingerprint density at radius 3 is 2.80 bits per heavy atom. The van der Waals surface area contributed by atoms with Gasteiger partial charge in [-0.15, -0.1) is 0 Å². The summed E-state index contributed by atoms with van der Waals surface area (Å²) >= 11 is 0. The molecule has 1 heterocycles. The van der Waals surface area contributed by atoms with Crippen LogP contribution in [0.15, 0.2) is 30.4 Å². The van der Waals surface area contributed by atoms with E-state index in [4.69, 9.17) is 0 Å². The molecular weight excluding hydrogens is 195 g/mol. The average molecular weight is 208 g/mol. The second-order valence-corrected chi connectivity index (χ2v) is 3.46. The van der Waals surface area contributed by atoms with Gasteiger partial charge >= 0.3 is 0 Å². The molecule has 1 aromatic rings. The SMILES string of the molecule is C=C(C)CN(C)C(=O)c1cccc(F)n1. The van der Waals surface area contributed by atoms with Gasteiger partial charge in [0.2, 0.25) is 5.95 Å². The lowest BCUT2D eigenvalue weighted by molar-refractivity contribution is 0.0800. The molecule has 0 bridgehead atoms. The summed E-state index contributed by atoms with van der Waals surface area (Å²) in [6.45, 7) is 5.96. The summed E-state index contributed by atoms with van der Waals surface area (Å²) in [5.74, 6) is -0.956. The molecule has 15 heavy (non-hydrogen) atoms. The Labute approximate surface area is 88.2 Å². The van der Waals surface area contributed by atoms with Gasteiger partial charge in [-0.05, 0) is 19.1 Å². The van der Waals surface area contributed by atoms with E-state index in [9.17, 15) is 9.18 Å². The van der Waals surface area contributed by atoms with Gasteiger partial charge in [0.15, 0.2) is 0 Å². The first-order valence-corrected chi connectivity index (χ1v) is 4.53. The molecule has 1 aromatic heterocycles. The molecular formula is C11H13FN2O. The molecule has 0 aromatic carbocycles. The van der Waals surface area contributed by atoms with E-state index in [1.807, 2.05) is 6.92 Å². The number of hydrogen-bond donors (Lipinski definition) is 0. The number of rotatable bonds is 3. The summed E-state index contributed by atoms with van der Waals surface area (Å²) < 4.78 is 12.8. The zero-order chi connectivity index (χ0) is 11.4. The van der Waals surface area contributed by atoms with Crippen LogP contribution < -0.4 is 0 Å². The van der Waals surface area contributed by atoms with E-state index in [0.717, 1.165) is 5.57 Å². The summed E-state index contributed by atoms with van der Waals surface area (Å²) in [7, 11) is 1.63. The highest BCUT2D eigenvalue weighted by Gasteiger charge is 2.13. The number of nitrogens with zero attached hydrogens (tertiary/aromatic N) is 2. The van der Waals surface area contributed by atoms with Crippen molar-refractivity contribution < 1.29 is 9.18 Å². The van der Waals surface area contributed by atoms with Crippen molar-refractivity contribution in [3.8, 4) is 0 Å². The molecule has 0 fully saturated rings. The van der Waals surface area contributed by atoms with Crippen LogP contribution >= 0.6 is 0 Å². The summed E-state index contributed by atoms with van der Waals surface area (Å²) in [5.41, 5.74) is 0.973. The molecule has 0 radical (unpaired) electrons. The van der Waals surface area contributed by atoms with Crippen LogP contribution in [0.2, 0.25) is 0 Å². The average Bonchev–Trinajstić information content (AvgIpc) is 2.15. The Kier molecular flexibility index (Phi) is 3.55. The van der Waals surface area contributed by atoms with Crippen molar-refractivity contribution in [1.29, 1.82) is 0 Å². The molecule has 80 valence electrons. The maximum Gasteiger partial charge on any atom is 0.272 e. The number of pyridine rings is 1. The van der Waals surface area contributed by atoms with Crippen molar-refractivity contribution in [1.82, 2.24) is 9.88 Å². The van der Waals surface area contributed by atoms with Crippen LogP contribution in [0.25, 0.3) is 0 Å². The third-order valence-corrected chi connectivity index (χ3v) is 1.79. The molecule has 0 saturated heterocycles. The third-order valence-electron chi connectivity index (χ3n) is 1.79. The van der Waals surface area contributed by atoms with Crippen molar-refractivity contribution in [3.63, 3.8) is 0 Å². The lowest BCUT2D eigenvalue weighted by Gasteiger charge is -2.16. The maximum absolute atomic E-state index is 12.8. The van der Waals surface area contributed by atoms with Crippen molar-refractivity contribution >= 4 is 5.91 Å². The van der Waals surface area contributed by atoms with E-state index in [0.29, 0.717) is 6.54 Å². The van der Waals surface area contributed by atoms with Gasteiger partial charge in [0.1, 0.15) is 5.69 Å². The summed E-state index contributed by atoms with van der Waals surface area (Å²) in [4.78, 5) is 16.7. The highest BCUT2D eigenvalue weighted by Crippen LogP contribution is 2.03. The Morgan fingerprint density at radius 2 is 2.27 bits per heavy atom. The smallest absolute Gasteiger partial charge is 0.272 e. The number of carbonyl (C=O) groups excluding carboxylic acids is 1. The molecule has 3 nitrogen and oxygen atoms in total. The van der Waals surface area contributed by atoms with Crippen LogP contribution in [0, 0.1) is 5.95 Å². The van der Waals surface area contributed by atoms with Crippen LogP contribution in [0.5, 0.6) is 0 Å². The molecule has 0 unspecified atom stereocenters. The fraction of sp³-hybridized carbons (Fsp3) is 0.273. The maximum atomic E-state index is 12.8. The number of aromatic nitrogens is 1. The summed E-state index contributed by atoms with van der Waals surface area (Å²) in [5, 5.41) is 0. The number of carbonyl (C=O) groups is 1. The third kappa shape index (κ3) is 3.16. The molecule has 0 aliphatic rings. The highest BCUT2D eigenvalue weighted by atomic mass is 19.1. The molecule has 0 aliphatic heterocycles. The molecule has 0 atom stereocenters. The van der Waals surface area contributed by atoms with Crippen molar-refractivity contribution in [3.05, 3.63) is 42.0 Å². The monoisotopic (exact) mass is 208 g/mol. The first-order chi connectivity index (χ1) is 7.00. The number of hydrogen-bond acceptors (Lipinski definition) is 2. The largest absolute Gasteiger partial charge is 0.336 e. The van der Waals surface area contributed by atoms with Crippen LogP contribution in [0.4, 0.5) is 4.39 Å². The quantitative estimate of drug-likeness (QED) is 0.561. The first kappa shape index (κ1) is 11.4. The van der Waals surface area contributed by atoms with Crippen LogP contribution in [-0.4, -0.2) is 29.4 Å². The number of amides is 1. The molecule has 4 heteroatoms. The Hall–Kier alpha value is -1.71. The predicted octanol–water partition coefficient (Wildman–Crippen LogP) is 1.87. The second-order valence-electron chi connectivity index (χ2n) is 3.46.